The fourth-order valence-electron chi connectivity index (χ4n) is 2.38. The van der Waals surface area contributed by atoms with Crippen LogP contribution < -0.4 is 11.1 Å². The molecule has 0 aromatic carbocycles. The molecule has 0 amide bonds. The van der Waals surface area contributed by atoms with Gasteiger partial charge in [-0.05, 0) is 31.4 Å². The van der Waals surface area contributed by atoms with E-state index in [2.05, 4.69) is 17.2 Å². The SMILES string of the molecule is Cc1cnccc1NCC1(N)CCCCC1. The molecule has 3 nitrogen and oxygen atoms in total. The first-order chi connectivity index (χ1) is 7.70. The summed E-state index contributed by atoms with van der Waals surface area (Å²) in [4.78, 5) is 4.09. The van der Waals surface area contributed by atoms with Gasteiger partial charge in [-0.3, -0.25) is 4.98 Å². The molecule has 1 fully saturated rings. The highest BCUT2D eigenvalue weighted by atomic mass is 14.9. The predicted octanol–water partition coefficient (Wildman–Crippen LogP) is 2.46. The number of aryl methyl sites for hydroxylation is 1. The molecule has 0 spiro atoms. The summed E-state index contributed by atoms with van der Waals surface area (Å²) in [6, 6.07) is 2.02. The second kappa shape index (κ2) is 4.83. The highest BCUT2D eigenvalue weighted by molar-refractivity contribution is 5.48. The van der Waals surface area contributed by atoms with Crippen LogP contribution >= 0.6 is 0 Å². The lowest BCUT2D eigenvalue weighted by Gasteiger charge is -2.34. The summed E-state index contributed by atoms with van der Waals surface area (Å²) in [7, 11) is 0. The molecule has 0 saturated heterocycles. The molecule has 3 heteroatoms. The number of hydrogen-bond acceptors (Lipinski definition) is 3. The minimum Gasteiger partial charge on any atom is -0.383 e. The molecule has 1 aliphatic rings. The van der Waals surface area contributed by atoms with Crippen LogP contribution in [0.4, 0.5) is 5.69 Å². The standard InChI is InChI=1S/C13H21N3/c1-11-9-15-8-5-12(11)16-10-13(14)6-3-2-4-7-13/h5,8-9H,2-4,6-7,10,14H2,1H3,(H,15,16). The van der Waals surface area contributed by atoms with Crippen LogP contribution in [0.1, 0.15) is 37.7 Å². The van der Waals surface area contributed by atoms with Crippen molar-refractivity contribution in [3.05, 3.63) is 24.0 Å². The lowest BCUT2D eigenvalue weighted by Crippen LogP contribution is -2.47. The number of aromatic nitrogens is 1. The molecule has 1 aromatic rings. The molecule has 2 rings (SSSR count). The number of anilines is 1. The van der Waals surface area contributed by atoms with Gasteiger partial charge in [-0.15, -0.1) is 0 Å². The van der Waals surface area contributed by atoms with Gasteiger partial charge in [-0.25, -0.2) is 0 Å². The van der Waals surface area contributed by atoms with Crippen LogP contribution in [0.3, 0.4) is 0 Å². The van der Waals surface area contributed by atoms with E-state index in [9.17, 15) is 0 Å². The second-order valence-corrected chi connectivity index (χ2v) is 4.97. The van der Waals surface area contributed by atoms with E-state index >= 15 is 0 Å². The van der Waals surface area contributed by atoms with Crippen molar-refractivity contribution in [1.29, 1.82) is 0 Å². The summed E-state index contributed by atoms with van der Waals surface area (Å²) >= 11 is 0. The molecule has 16 heavy (non-hydrogen) atoms. The van der Waals surface area contributed by atoms with Crippen molar-refractivity contribution in [2.45, 2.75) is 44.6 Å². The van der Waals surface area contributed by atoms with Crippen LogP contribution in [0.2, 0.25) is 0 Å². The molecule has 0 atom stereocenters. The van der Waals surface area contributed by atoms with Crippen LogP contribution in [-0.4, -0.2) is 17.1 Å². The van der Waals surface area contributed by atoms with Gasteiger partial charge in [0.05, 0.1) is 0 Å². The molecule has 0 radical (unpaired) electrons. The Bertz CT molecular complexity index is 343. The van der Waals surface area contributed by atoms with Gasteiger partial charge in [0, 0.05) is 30.2 Å². The minimum absolute atomic E-state index is 0.00599. The molecule has 88 valence electrons. The Kier molecular flexibility index (Phi) is 3.44. The zero-order valence-electron chi connectivity index (χ0n) is 10.00. The topological polar surface area (TPSA) is 50.9 Å². The molecule has 1 heterocycles. The average molecular weight is 219 g/mol. The lowest BCUT2D eigenvalue weighted by atomic mass is 9.82. The predicted molar refractivity (Wildman–Crippen MR) is 67.5 cm³/mol. The van der Waals surface area contributed by atoms with Crippen molar-refractivity contribution < 1.29 is 0 Å². The van der Waals surface area contributed by atoms with Gasteiger partial charge in [0.15, 0.2) is 0 Å². The summed E-state index contributed by atoms with van der Waals surface area (Å²) in [5.74, 6) is 0. The molecule has 3 N–H and O–H groups in total. The van der Waals surface area contributed by atoms with Gasteiger partial charge in [-0.1, -0.05) is 19.3 Å². The number of hydrogen-bond donors (Lipinski definition) is 2. The number of nitrogens with zero attached hydrogens (tertiary/aromatic N) is 1. The number of nitrogens with two attached hydrogens (primary N) is 1. The molecule has 1 aromatic heterocycles. The lowest BCUT2D eigenvalue weighted by molar-refractivity contribution is 0.311. The van der Waals surface area contributed by atoms with E-state index in [4.69, 9.17) is 5.73 Å². The van der Waals surface area contributed by atoms with Gasteiger partial charge in [0.1, 0.15) is 0 Å². The Morgan fingerprint density at radius 2 is 2.12 bits per heavy atom. The number of rotatable bonds is 3. The summed E-state index contributed by atoms with van der Waals surface area (Å²) in [5, 5.41) is 3.46. The third-order valence-electron chi connectivity index (χ3n) is 3.50. The van der Waals surface area contributed by atoms with Gasteiger partial charge in [0.2, 0.25) is 0 Å². The monoisotopic (exact) mass is 219 g/mol. The van der Waals surface area contributed by atoms with E-state index in [0.29, 0.717) is 0 Å². The molecule has 1 saturated carbocycles. The smallest absolute Gasteiger partial charge is 0.0401 e. The number of nitrogens with one attached hydrogen (secondary N) is 1. The van der Waals surface area contributed by atoms with Crippen molar-refractivity contribution in [3.8, 4) is 0 Å². The van der Waals surface area contributed by atoms with Gasteiger partial charge < -0.3 is 11.1 Å². The van der Waals surface area contributed by atoms with Crippen LogP contribution in [0.5, 0.6) is 0 Å². The summed E-state index contributed by atoms with van der Waals surface area (Å²) in [6.45, 7) is 2.94. The van der Waals surface area contributed by atoms with Crippen molar-refractivity contribution in [3.63, 3.8) is 0 Å². The van der Waals surface area contributed by atoms with E-state index < -0.39 is 0 Å². The maximum Gasteiger partial charge on any atom is 0.0401 e. The molecule has 0 unspecified atom stereocenters. The summed E-state index contributed by atoms with van der Waals surface area (Å²) < 4.78 is 0. The Labute approximate surface area is 97.5 Å². The van der Waals surface area contributed by atoms with Gasteiger partial charge in [0.25, 0.3) is 0 Å². The Morgan fingerprint density at radius 1 is 1.38 bits per heavy atom. The summed E-state index contributed by atoms with van der Waals surface area (Å²) in [6.07, 6.45) is 9.87. The van der Waals surface area contributed by atoms with Gasteiger partial charge >= 0.3 is 0 Å². The second-order valence-electron chi connectivity index (χ2n) is 4.97. The number of pyridine rings is 1. The van der Waals surface area contributed by atoms with E-state index in [1.165, 1.54) is 24.8 Å². The molecular weight excluding hydrogens is 198 g/mol. The van der Waals surface area contributed by atoms with Gasteiger partial charge in [-0.2, -0.15) is 0 Å². The third-order valence-corrected chi connectivity index (χ3v) is 3.50. The first kappa shape index (κ1) is 11.4. The Balaban J connectivity index is 1.94. The molecular formula is C13H21N3. The fraction of sp³-hybridized carbons (Fsp3) is 0.615. The zero-order chi connectivity index (χ0) is 11.4. The van der Waals surface area contributed by atoms with E-state index in [1.807, 2.05) is 18.5 Å². The molecule has 0 aliphatic heterocycles. The van der Waals surface area contributed by atoms with Crippen LogP contribution in [0.25, 0.3) is 0 Å². The first-order valence-corrected chi connectivity index (χ1v) is 6.13. The van der Waals surface area contributed by atoms with E-state index in [0.717, 1.165) is 25.1 Å². The van der Waals surface area contributed by atoms with Crippen LogP contribution in [0, 0.1) is 6.92 Å². The van der Waals surface area contributed by atoms with E-state index in [1.54, 1.807) is 0 Å². The van der Waals surface area contributed by atoms with Crippen molar-refractivity contribution in [1.82, 2.24) is 4.98 Å². The largest absolute Gasteiger partial charge is 0.383 e. The third kappa shape index (κ3) is 2.73. The zero-order valence-corrected chi connectivity index (χ0v) is 10.00. The molecule has 1 aliphatic carbocycles. The minimum atomic E-state index is -0.00599. The highest BCUT2D eigenvalue weighted by Crippen LogP contribution is 2.26. The van der Waals surface area contributed by atoms with Crippen molar-refractivity contribution in [2.24, 2.45) is 5.73 Å². The van der Waals surface area contributed by atoms with Crippen LogP contribution in [0.15, 0.2) is 18.5 Å². The van der Waals surface area contributed by atoms with Crippen molar-refractivity contribution in [2.75, 3.05) is 11.9 Å². The highest BCUT2D eigenvalue weighted by Gasteiger charge is 2.26. The first-order valence-electron chi connectivity index (χ1n) is 6.13. The summed E-state index contributed by atoms with van der Waals surface area (Å²) in [5.41, 5.74) is 8.71. The maximum atomic E-state index is 6.38. The normalized spacial score (nSPS) is 19.4. The maximum absolute atomic E-state index is 6.38. The fourth-order valence-corrected chi connectivity index (χ4v) is 2.38. The molecule has 0 bridgehead atoms. The van der Waals surface area contributed by atoms with Crippen LogP contribution in [-0.2, 0) is 0 Å². The quantitative estimate of drug-likeness (QED) is 0.821. The average Bonchev–Trinajstić information content (AvgIpc) is 2.29. The van der Waals surface area contributed by atoms with Crippen molar-refractivity contribution >= 4 is 5.69 Å². The Hall–Kier alpha value is -1.09. The van der Waals surface area contributed by atoms with E-state index in [-0.39, 0.29) is 5.54 Å². The Morgan fingerprint density at radius 3 is 2.81 bits per heavy atom.